The molecule has 0 radical (unpaired) electrons. The van der Waals surface area contributed by atoms with Gasteiger partial charge in [0.15, 0.2) is 12.4 Å². The molecule has 46 heavy (non-hydrogen) atoms. The number of anilines is 1. The number of halogens is 7. The molecule has 9 nitrogen and oxygen atoms in total. The maximum absolute atomic E-state index is 13.3. The quantitative estimate of drug-likeness (QED) is 0.210. The molecule has 0 atom stereocenters. The van der Waals surface area contributed by atoms with Crippen LogP contribution in [0.15, 0.2) is 10.5 Å². The number of fused-ring (bicyclic) bond motifs is 1. The van der Waals surface area contributed by atoms with Crippen LogP contribution in [-0.4, -0.2) is 109 Å². The second-order valence-corrected chi connectivity index (χ2v) is 15.2. The van der Waals surface area contributed by atoms with E-state index in [4.69, 9.17) is 19.2 Å². The Labute approximate surface area is 286 Å². The Morgan fingerprint density at radius 3 is 2.28 bits per heavy atom. The van der Waals surface area contributed by atoms with E-state index in [0.29, 0.717) is 71.4 Å². The van der Waals surface area contributed by atoms with Gasteiger partial charge in [-0.15, -0.1) is 0 Å². The highest BCUT2D eigenvalue weighted by Gasteiger charge is 2.48. The molecular formula is C30H38BrF5IN5O4. The highest BCUT2D eigenvalue weighted by Crippen LogP contribution is 2.45. The maximum Gasteiger partial charge on any atom is 0.422 e. The summed E-state index contributed by atoms with van der Waals surface area (Å²) in [4.78, 5) is 27.4. The van der Waals surface area contributed by atoms with Crippen molar-refractivity contribution < 1.29 is 41.0 Å². The highest BCUT2D eigenvalue weighted by molar-refractivity contribution is 14.1. The van der Waals surface area contributed by atoms with Crippen molar-refractivity contribution in [2.24, 2.45) is 5.41 Å². The molecule has 0 saturated carbocycles. The Hall–Kier alpha value is -1.95. The van der Waals surface area contributed by atoms with Gasteiger partial charge in [0.25, 0.3) is 0 Å². The Balaban J connectivity index is 1.39. The Morgan fingerprint density at radius 1 is 1.09 bits per heavy atom. The van der Waals surface area contributed by atoms with Crippen molar-refractivity contribution in [1.29, 1.82) is 0 Å². The van der Waals surface area contributed by atoms with Crippen LogP contribution in [0.1, 0.15) is 46.5 Å². The number of aromatic nitrogens is 2. The molecule has 16 heteroatoms. The number of amides is 1. The lowest BCUT2D eigenvalue weighted by molar-refractivity contribution is -0.153. The van der Waals surface area contributed by atoms with Gasteiger partial charge in [0.2, 0.25) is 0 Å². The number of nitrogens with zero attached hydrogens (tertiary/aromatic N) is 5. The molecule has 4 heterocycles. The van der Waals surface area contributed by atoms with Crippen LogP contribution in [0.4, 0.5) is 32.6 Å². The minimum absolute atomic E-state index is 0.00141. The van der Waals surface area contributed by atoms with Crippen molar-refractivity contribution >= 4 is 61.3 Å². The topological polar surface area (TPSA) is 80.3 Å². The molecule has 0 N–H and O–H groups in total. The van der Waals surface area contributed by atoms with Gasteiger partial charge in [-0.2, -0.15) is 23.1 Å². The lowest BCUT2D eigenvalue weighted by Gasteiger charge is -2.53. The second-order valence-electron chi connectivity index (χ2n) is 13.3. The average Bonchev–Trinajstić information content (AvgIpc) is 2.96. The number of benzene rings is 1. The molecule has 3 saturated heterocycles. The van der Waals surface area contributed by atoms with Crippen LogP contribution in [-0.2, 0) is 4.74 Å². The van der Waals surface area contributed by atoms with Crippen LogP contribution >= 0.6 is 38.5 Å². The SMILES string of the molecule is CC(C)(C)OC(=O)N1CC2(CCN(c3nc(OC4CCN(C(CF)CF)CC4)nc4c(OCC(F)(F)F)c(Br)c(I)cc34)CC2)C1. The molecule has 5 rings (SSSR count). The lowest BCUT2D eigenvalue weighted by atomic mass is 9.72. The van der Waals surface area contributed by atoms with E-state index >= 15 is 0 Å². The zero-order valence-electron chi connectivity index (χ0n) is 25.9. The number of rotatable bonds is 8. The van der Waals surface area contributed by atoms with Crippen molar-refractivity contribution in [2.45, 2.75) is 70.4 Å². The summed E-state index contributed by atoms with van der Waals surface area (Å²) in [5.74, 6) is 0.463. The predicted molar refractivity (Wildman–Crippen MR) is 174 cm³/mol. The number of carbonyl (C=O) groups excluding carboxylic acids is 1. The Morgan fingerprint density at radius 2 is 1.72 bits per heavy atom. The zero-order valence-corrected chi connectivity index (χ0v) is 29.7. The summed E-state index contributed by atoms with van der Waals surface area (Å²) in [6.07, 6.45) is -2.70. The number of hydrogen-bond donors (Lipinski definition) is 0. The largest absolute Gasteiger partial charge is 0.481 e. The molecule has 256 valence electrons. The molecule has 3 aliphatic rings. The first-order chi connectivity index (χ1) is 21.6. The van der Waals surface area contributed by atoms with Gasteiger partial charge in [-0.05, 0) is 91.0 Å². The van der Waals surface area contributed by atoms with E-state index < -0.39 is 37.8 Å². The van der Waals surface area contributed by atoms with Crippen molar-refractivity contribution in [2.75, 3.05) is 64.1 Å². The summed E-state index contributed by atoms with van der Waals surface area (Å²) in [6.45, 7) is 5.71. The van der Waals surface area contributed by atoms with E-state index in [1.807, 2.05) is 49.4 Å². The second kappa shape index (κ2) is 13.9. The van der Waals surface area contributed by atoms with Crippen molar-refractivity contribution in [1.82, 2.24) is 19.8 Å². The first kappa shape index (κ1) is 35.4. The third-order valence-corrected chi connectivity index (χ3v) is 11.0. The third-order valence-electron chi connectivity index (χ3n) is 8.63. The van der Waals surface area contributed by atoms with E-state index in [1.54, 1.807) is 9.80 Å². The Kier molecular flexibility index (Phi) is 10.7. The number of hydrogen-bond acceptors (Lipinski definition) is 8. The molecule has 3 aliphatic heterocycles. The molecule has 1 aromatic carbocycles. The molecule has 0 aliphatic carbocycles. The zero-order chi connectivity index (χ0) is 33.4. The lowest BCUT2D eigenvalue weighted by Crippen LogP contribution is -2.62. The monoisotopic (exact) mass is 833 g/mol. The molecule has 1 spiro atoms. The van der Waals surface area contributed by atoms with Gasteiger partial charge in [0, 0.05) is 53.6 Å². The van der Waals surface area contributed by atoms with E-state index in [2.05, 4.69) is 25.8 Å². The molecule has 1 aromatic heterocycles. The predicted octanol–water partition coefficient (Wildman–Crippen LogP) is 6.93. The van der Waals surface area contributed by atoms with Crippen LogP contribution < -0.4 is 14.4 Å². The van der Waals surface area contributed by atoms with E-state index in [1.165, 1.54) is 0 Å². The standard InChI is InChI=1S/C30H38BrF5IN5O4/c1-28(2,3)46-27(43)42-15-29(16-42)6-10-41(11-7-29)25-20-12-21(37)22(31)24(44-17-30(34,35)36)23(20)38-26(39-25)45-19-4-8-40(9-5-19)18(13-32)14-33/h12,18-19H,4-11,13-17H2,1-3H3. The fourth-order valence-electron chi connectivity index (χ4n) is 6.20. The summed E-state index contributed by atoms with van der Waals surface area (Å²) >= 11 is 5.42. The summed E-state index contributed by atoms with van der Waals surface area (Å²) in [5.41, 5.74) is -0.433. The molecule has 2 aromatic rings. The first-order valence-corrected chi connectivity index (χ1v) is 17.1. The highest BCUT2D eigenvalue weighted by atomic mass is 127. The van der Waals surface area contributed by atoms with E-state index in [-0.39, 0.29) is 34.9 Å². The smallest absolute Gasteiger partial charge is 0.422 e. The minimum atomic E-state index is -4.57. The summed E-state index contributed by atoms with van der Waals surface area (Å²) < 4.78 is 84.2. The van der Waals surface area contributed by atoms with Gasteiger partial charge < -0.3 is 24.0 Å². The van der Waals surface area contributed by atoms with Gasteiger partial charge in [0.05, 0.1) is 10.5 Å². The Bertz CT molecular complexity index is 1400. The van der Waals surface area contributed by atoms with E-state index in [0.717, 1.165) is 12.8 Å². The molecule has 0 unspecified atom stereocenters. The summed E-state index contributed by atoms with van der Waals surface area (Å²) in [7, 11) is 0. The van der Waals surface area contributed by atoms with Crippen molar-refractivity contribution in [3.8, 4) is 11.8 Å². The van der Waals surface area contributed by atoms with Gasteiger partial charge in [-0.3, -0.25) is 4.90 Å². The fourth-order valence-corrected chi connectivity index (χ4v) is 7.17. The number of alkyl halides is 5. The van der Waals surface area contributed by atoms with E-state index in [9.17, 15) is 26.7 Å². The van der Waals surface area contributed by atoms with Crippen LogP contribution in [0, 0.1) is 8.99 Å². The third kappa shape index (κ3) is 8.18. The van der Waals surface area contributed by atoms with Crippen LogP contribution in [0.2, 0.25) is 0 Å². The van der Waals surface area contributed by atoms with Gasteiger partial charge >= 0.3 is 18.3 Å². The summed E-state index contributed by atoms with van der Waals surface area (Å²) in [6, 6.07) is 1.02. The number of carbonyl (C=O) groups is 1. The van der Waals surface area contributed by atoms with Gasteiger partial charge in [0.1, 0.15) is 36.4 Å². The van der Waals surface area contributed by atoms with Crippen LogP contribution in [0.3, 0.4) is 0 Å². The van der Waals surface area contributed by atoms with Crippen LogP contribution in [0.5, 0.6) is 11.8 Å². The van der Waals surface area contributed by atoms with Crippen molar-refractivity contribution in [3.05, 3.63) is 14.1 Å². The van der Waals surface area contributed by atoms with Crippen molar-refractivity contribution in [3.63, 3.8) is 0 Å². The van der Waals surface area contributed by atoms with Gasteiger partial charge in [-0.25, -0.2) is 13.6 Å². The van der Waals surface area contributed by atoms with Gasteiger partial charge in [-0.1, -0.05) is 0 Å². The molecule has 3 fully saturated rings. The molecule has 0 bridgehead atoms. The number of ether oxygens (including phenoxy) is 3. The molecule has 1 amide bonds. The fraction of sp³-hybridized carbons (Fsp3) is 0.700. The van der Waals surface area contributed by atoms with Crippen LogP contribution in [0.25, 0.3) is 10.9 Å². The maximum atomic E-state index is 13.3. The normalized spacial score (nSPS) is 19.5. The average molecular weight is 834 g/mol. The summed E-state index contributed by atoms with van der Waals surface area (Å²) in [5, 5.41) is 0.528. The molecular weight excluding hydrogens is 796 g/mol. The number of likely N-dealkylation sites (tertiary alicyclic amines) is 2. The first-order valence-electron chi connectivity index (χ1n) is 15.2. The minimum Gasteiger partial charge on any atom is -0.481 e. The number of piperidine rings is 2.